The van der Waals surface area contributed by atoms with Crippen LogP contribution >= 0.6 is 0 Å². The number of aliphatic hydroxyl groups excluding tert-OH is 1. The number of esters is 1. The second-order valence-electron chi connectivity index (χ2n) is 26.7. The first-order chi connectivity index (χ1) is 53.9. The number of nitrogens with two attached hydrogens (primary N) is 3. The van der Waals surface area contributed by atoms with Crippen LogP contribution in [-0.4, -0.2) is 248 Å². The molecule has 624 valence electrons. The lowest BCUT2D eigenvalue weighted by molar-refractivity contribution is -0.156. The van der Waals surface area contributed by atoms with Gasteiger partial charge in [0.05, 0.1) is 45.4 Å². The molecule has 25 N–H and O–H groups in total. The number of anilines is 1. The second kappa shape index (κ2) is 47.5. The van der Waals surface area contributed by atoms with Gasteiger partial charge in [-0.15, -0.1) is 0 Å². The molecule has 3 aromatic rings. The largest absolute Gasteiger partial charge is 0.481 e. The van der Waals surface area contributed by atoms with Crippen LogP contribution in [0.5, 0.6) is 0 Å². The van der Waals surface area contributed by atoms with Gasteiger partial charge in [0.25, 0.3) is 0 Å². The summed E-state index contributed by atoms with van der Waals surface area (Å²) in [5, 5.41) is 78.2. The van der Waals surface area contributed by atoms with Crippen molar-refractivity contribution in [1.29, 1.82) is 0 Å². The molecule has 4 rings (SSSR count). The number of carbonyl (C=O) groups is 20. The number of ether oxygens (including phenoxy) is 1. The number of Topliss-reactive ketones (excluding diaryl/α,β-unsaturated/α-hetero) is 1. The van der Waals surface area contributed by atoms with Crippen LogP contribution in [0.1, 0.15) is 146 Å². The minimum Gasteiger partial charge on any atom is -0.481 e. The minimum atomic E-state index is -2.44. The summed E-state index contributed by atoms with van der Waals surface area (Å²) in [5.41, 5.74) is 18.1. The number of primary amides is 1. The number of aliphatic carboxylic acids is 4. The number of H-pyrrole nitrogens is 1. The summed E-state index contributed by atoms with van der Waals surface area (Å²) in [6.07, 6.45) is -3.17. The van der Waals surface area contributed by atoms with Gasteiger partial charge in [-0.25, -0.2) is 4.79 Å². The maximum atomic E-state index is 14.8. The van der Waals surface area contributed by atoms with Crippen molar-refractivity contribution in [3.05, 3.63) is 65.9 Å². The number of unbranched alkanes of at least 4 members (excludes halogenated alkanes) is 6. The number of hydrogen-bond acceptors (Lipinski definition) is 24. The second-order valence-corrected chi connectivity index (χ2v) is 26.7. The summed E-state index contributed by atoms with van der Waals surface area (Å²) in [5.74, 6) is -28.2. The van der Waals surface area contributed by atoms with E-state index < -0.39 is 262 Å². The van der Waals surface area contributed by atoms with Crippen LogP contribution in [0.15, 0.2) is 54.7 Å². The Hall–Kier alpha value is -12.7. The van der Waals surface area contributed by atoms with Gasteiger partial charge in [-0.2, -0.15) is 0 Å². The van der Waals surface area contributed by atoms with E-state index in [0.29, 0.717) is 29.3 Å². The number of nitrogens with one attached hydrogen (secondary N) is 14. The molecule has 43 nitrogen and oxygen atoms in total. The molecular weight excluding hydrogens is 1510 g/mol. The molecule has 0 radical (unpaired) electrons. The molecule has 43 heteroatoms. The van der Waals surface area contributed by atoms with E-state index in [1.807, 2.05) is 16.0 Å². The van der Waals surface area contributed by atoms with Crippen LogP contribution in [0.25, 0.3) is 10.9 Å². The number of aromatic nitrogens is 1. The predicted octanol–water partition coefficient (Wildman–Crippen LogP) is -5.87. The Labute approximate surface area is 651 Å². The highest BCUT2D eigenvalue weighted by atomic mass is 16.5. The molecule has 1 saturated heterocycles. The number of cyclic esters (lactones) is 1. The maximum Gasteiger partial charge on any atom is 0.329 e. The molecule has 12 atom stereocenters. The van der Waals surface area contributed by atoms with Gasteiger partial charge in [-0.05, 0) is 69.8 Å². The van der Waals surface area contributed by atoms with Crippen molar-refractivity contribution in [3.8, 4) is 0 Å². The molecule has 114 heavy (non-hydrogen) atoms. The van der Waals surface area contributed by atoms with Gasteiger partial charge in [0, 0.05) is 54.0 Å². The first-order valence-corrected chi connectivity index (χ1v) is 36.4. The Morgan fingerprint density at radius 3 is 1.65 bits per heavy atom. The number of amides is 14. The topological polar surface area (TPSA) is 702 Å². The van der Waals surface area contributed by atoms with Gasteiger partial charge in [-0.1, -0.05) is 75.8 Å². The number of aromatic amines is 1. The van der Waals surface area contributed by atoms with Gasteiger partial charge < -0.3 is 122 Å². The number of aliphatic hydroxyl groups is 1. The fourth-order valence-electron chi connectivity index (χ4n) is 11.4. The van der Waals surface area contributed by atoms with E-state index in [1.165, 1.54) is 24.3 Å². The Morgan fingerprint density at radius 1 is 0.526 bits per heavy atom. The van der Waals surface area contributed by atoms with Gasteiger partial charge >= 0.3 is 29.8 Å². The van der Waals surface area contributed by atoms with Crippen molar-refractivity contribution in [3.63, 3.8) is 0 Å². The lowest BCUT2D eigenvalue weighted by atomic mass is 10.0. The molecule has 2 aromatic carbocycles. The number of benzene rings is 2. The van der Waals surface area contributed by atoms with Crippen LogP contribution in [0.3, 0.4) is 0 Å². The molecular formula is C71H99N17O26. The lowest BCUT2D eigenvalue weighted by Crippen LogP contribution is -2.61. The minimum absolute atomic E-state index is 0.0179. The average molecular weight is 1610 g/mol. The van der Waals surface area contributed by atoms with E-state index in [9.17, 15) is 121 Å². The summed E-state index contributed by atoms with van der Waals surface area (Å²) < 4.78 is 5.65. The number of carbonyl (C=O) groups excluding carboxylic acids is 16. The molecule has 0 bridgehead atoms. The molecule has 0 unspecified atom stereocenters. The van der Waals surface area contributed by atoms with Crippen molar-refractivity contribution in [2.45, 2.75) is 209 Å². The zero-order valence-electron chi connectivity index (χ0n) is 62.7. The number of rotatable bonds is 35. The number of ketones is 1. The average Bonchev–Trinajstić information content (AvgIpc) is 1.64. The number of nitrogen functional groups attached to an aromatic ring is 1. The van der Waals surface area contributed by atoms with Gasteiger partial charge in [0.15, 0.2) is 5.78 Å². The van der Waals surface area contributed by atoms with Crippen molar-refractivity contribution in [2.24, 2.45) is 11.5 Å². The van der Waals surface area contributed by atoms with Crippen molar-refractivity contribution >= 4 is 135 Å². The third-order valence-corrected chi connectivity index (χ3v) is 17.5. The Kier molecular flexibility index (Phi) is 39.0. The normalized spacial score (nSPS) is 21.0. The first-order valence-electron chi connectivity index (χ1n) is 36.4. The van der Waals surface area contributed by atoms with Crippen molar-refractivity contribution in [2.75, 3.05) is 32.0 Å². The Balaban J connectivity index is 1.86. The van der Waals surface area contributed by atoms with E-state index in [-0.39, 0.29) is 37.1 Å². The fourth-order valence-corrected chi connectivity index (χ4v) is 11.4. The zero-order valence-corrected chi connectivity index (χ0v) is 62.7. The Morgan fingerprint density at radius 2 is 1.05 bits per heavy atom. The molecule has 1 aliphatic heterocycles. The molecule has 1 aliphatic rings. The van der Waals surface area contributed by atoms with Crippen LogP contribution in [0, 0.1) is 0 Å². The van der Waals surface area contributed by atoms with E-state index in [2.05, 4.69) is 65.1 Å². The molecule has 1 aromatic heterocycles. The molecule has 0 aliphatic carbocycles. The molecule has 2 heterocycles. The SMILES string of the molecule is CCCCCCCCCC(=O)N[C@@H](Cc1c[nH]c2ccccc12)C(=O)N[C@@H](CC(N)=O)C(=O)N[C@@H](CC(=O)O)C(=O)N[C@@H]1C(=O)NCC(=O)N[C@@H](CCCN)C(=O)N[C@@H](CC(=O)O)C(=O)N[C@H](C)C(=O)N[C@@H](CC(=O)O)C(=O)NCC(=O)N[C@H](CO)C(=O)N[C@H](CCC(=O)O)C(=O)N[C@@H](CC(=O)c2ccccc2N)C(=O)O[C@@H]1C. The number of carboxylic acid groups (broad SMARTS) is 4. The highest BCUT2D eigenvalue weighted by molar-refractivity contribution is 6.05. The Bertz CT molecular complexity index is 4000. The summed E-state index contributed by atoms with van der Waals surface area (Å²) in [6.45, 7) is 0.0306. The molecule has 0 saturated carbocycles. The number of hydrogen-bond donors (Lipinski definition) is 22. The predicted molar refractivity (Wildman–Crippen MR) is 396 cm³/mol. The molecule has 14 amide bonds. The number of para-hydroxylation sites is 2. The maximum absolute atomic E-state index is 14.8. The number of fused-ring (bicyclic) bond motifs is 1. The highest BCUT2D eigenvalue weighted by Crippen LogP contribution is 2.21. The summed E-state index contributed by atoms with van der Waals surface area (Å²) in [6, 6.07) is -10.5. The van der Waals surface area contributed by atoms with Crippen LogP contribution in [-0.2, 0) is 102 Å². The third kappa shape index (κ3) is 32.3. The van der Waals surface area contributed by atoms with E-state index >= 15 is 0 Å². The van der Waals surface area contributed by atoms with E-state index in [1.54, 1.807) is 30.5 Å². The zero-order chi connectivity index (χ0) is 84.9. The lowest BCUT2D eigenvalue weighted by Gasteiger charge is -2.29. The van der Waals surface area contributed by atoms with Crippen LogP contribution in [0.4, 0.5) is 5.69 Å². The standard InChI is InChI=1S/C71H99N17O26/c1-4-5-6-7-8-9-10-21-53(92)80-44(25-37-31-75-41-19-14-12-16-38(37)41)66(108)84-45(27-52(74)91)67(109)86-48(30-59(101)102)68(110)88-60-36(3)114-71(113)49(26-51(90)39-17-11-13-18-40(39)73)87-64(106)43(22-23-56(95)96)82-69(111)50(34-89)81-55(94)32-76-62(104)46(28-57(97)98)83-61(103)35(2)78-65(107)47(29-58(99)100)85-63(105)42(20-15-24-72)79-54(93)33-77-70(60)112/h11-14,16-19,31,35-36,42-50,60,75,89H,4-10,15,20-30,32-34,72-73H2,1-3H3,(H2,74,91)(H,76,104)(H,77,112)(H,78,107)(H,79,93)(H,80,92)(H,81,94)(H,82,111)(H,83,103)(H,84,108)(H,85,105)(H,86,109)(H,87,106)(H,88,110)(H,95,96)(H,97,98)(H,99,100)(H,101,102)/t35-,36-,42+,43-,44+,45+,46+,47+,48+,49+,50-,60+/m1/s1. The van der Waals surface area contributed by atoms with Crippen molar-refractivity contribution in [1.82, 2.24) is 74.1 Å². The van der Waals surface area contributed by atoms with Gasteiger partial charge in [0.2, 0.25) is 82.7 Å². The quantitative estimate of drug-likeness (QED) is 0.0113. The van der Waals surface area contributed by atoms with Crippen molar-refractivity contribution < 1.29 is 126 Å². The van der Waals surface area contributed by atoms with Crippen LogP contribution < -0.4 is 86.3 Å². The summed E-state index contributed by atoms with van der Waals surface area (Å²) in [7, 11) is 0. The van der Waals surface area contributed by atoms with Crippen LogP contribution in [0.2, 0.25) is 0 Å². The van der Waals surface area contributed by atoms with Gasteiger partial charge in [0.1, 0.15) is 72.6 Å². The molecule has 1 fully saturated rings. The first kappa shape index (κ1) is 93.7. The monoisotopic (exact) mass is 1610 g/mol. The van der Waals surface area contributed by atoms with Gasteiger partial charge in [-0.3, -0.25) is 91.1 Å². The fraction of sp³-hybridized carbons (Fsp3) is 0.521. The van der Waals surface area contributed by atoms with E-state index in [0.717, 1.165) is 46.0 Å². The third-order valence-electron chi connectivity index (χ3n) is 17.5. The summed E-state index contributed by atoms with van der Waals surface area (Å²) in [4.78, 5) is 275. The smallest absolute Gasteiger partial charge is 0.329 e. The van der Waals surface area contributed by atoms with E-state index in [4.69, 9.17) is 21.9 Å². The molecule has 0 spiro atoms. The number of carboxylic acids is 4. The summed E-state index contributed by atoms with van der Waals surface area (Å²) >= 11 is 0. The highest BCUT2D eigenvalue weighted by Gasteiger charge is 2.40.